The summed E-state index contributed by atoms with van der Waals surface area (Å²) >= 11 is 0. The van der Waals surface area contributed by atoms with Crippen molar-refractivity contribution in [1.29, 1.82) is 0 Å². The third-order valence-corrected chi connectivity index (χ3v) is 4.78. The number of aromatic nitrogens is 3. The van der Waals surface area contributed by atoms with Crippen LogP contribution in [0.2, 0.25) is 0 Å². The minimum absolute atomic E-state index is 0.215. The summed E-state index contributed by atoms with van der Waals surface area (Å²) in [5.41, 5.74) is 2.14. The van der Waals surface area contributed by atoms with Gasteiger partial charge in [0.15, 0.2) is 5.82 Å². The fourth-order valence-corrected chi connectivity index (χ4v) is 3.34. The predicted octanol–water partition coefficient (Wildman–Crippen LogP) is 1.23. The van der Waals surface area contributed by atoms with Gasteiger partial charge in [-0.15, -0.1) is 0 Å². The summed E-state index contributed by atoms with van der Waals surface area (Å²) in [5.74, 6) is -0.125. The van der Waals surface area contributed by atoms with Crippen LogP contribution in [0.25, 0.3) is 0 Å². The molecular weight excluding hydrogens is 356 g/mol. The maximum atomic E-state index is 12.7. The molecule has 0 saturated heterocycles. The maximum absolute atomic E-state index is 12.7. The average Bonchev–Trinajstić information content (AvgIpc) is 3.10. The van der Waals surface area contributed by atoms with Gasteiger partial charge in [0.25, 0.3) is 11.8 Å². The van der Waals surface area contributed by atoms with Crippen molar-refractivity contribution in [2.45, 2.75) is 38.8 Å². The van der Waals surface area contributed by atoms with Crippen LogP contribution in [0.4, 0.5) is 0 Å². The molecule has 3 rings (SSSR count). The van der Waals surface area contributed by atoms with Crippen LogP contribution in [0.15, 0.2) is 24.5 Å². The van der Waals surface area contributed by atoms with Crippen LogP contribution in [0.1, 0.15) is 51.6 Å². The molecular formula is C20H28N6O2. The van der Waals surface area contributed by atoms with Gasteiger partial charge >= 0.3 is 0 Å². The predicted molar refractivity (Wildman–Crippen MR) is 106 cm³/mol. The van der Waals surface area contributed by atoms with Crippen LogP contribution < -0.4 is 10.6 Å². The molecule has 2 N–H and O–H groups in total. The Hall–Kier alpha value is -2.74. The maximum Gasteiger partial charge on any atom is 0.287 e. The van der Waals surface area contributed by atoms with Gasteiger partial charge in [-0.3, -0.25) is 14.6 Å². The highest BCUT2D eigenvalue weighted by atomic mass is 16.2. The Morgan fingerprint density at radius 2 is 2.07 bits per heavy atom. The summed E-state index contributed by atoms with van der Waals surface area (Å²) < 4.78 is 1.91. The molecule has 0 fully saturated rings. The molecule has 0 aliphatic carbocycles. The number of nitrogens with one attached hydrogen (secondary N) is 2. The largest absolute Gasteiger partial charge is 0.349 e. The first-order valence-electron chi connectivity index (χ1n) is 9.75. The quantitative estimate of drug-likeness (QED) is 0.668. The molecule has 8 nitrogen and oxygen atoms in total. The number of hydrogen-bond acceptors (Lipinski definition) is 5. The zero-order chi connectivity index (χ0) is 19.9. The molecule has 150 valence electrons. The van der Waals surface area contributed by atoms with Crippen molar-refractivity contribution in [3.63, 3.8) is 0 Å². The molecule has 3 heterocycles. The number of pyridine rings is 1. The van der Waals surface area contributed by atoms with E-state index in [0.29, 0.717) is 24.6 Å². The molecule has 0 aromatic carbocycles. The third kappa shape index (κ3) is 4.95. The number of imidazole rings is 1. The fourth-order valence-electron chi connectivity index (χ4n) is 3.34. The Labute approximate surface area is 165 Å². The smallest absolute Gasteiger partial charge is 0.287 e. The summed E-state index contributed by atoms with van der Waals surface area (Å²) in [7, 11) is 4.01. The van der Waals surface area contributed by atoms with E-state index in [9.17, 15) is 9.59 Å². The Morgan fingerprint density at radius 3 is 2.82 bits per heavy atom. The molecule has 0 atom stereocenters. The summed E-state index contributed by atoms with van der Waals surface area (Å²) in [5, 5.41) is 5.82. The molecule has 28 heavy (non-hydrogen) atoms. The van der Waals surface area contributed by atoms with Crippen molar-refractivity contribution in [1.82, 2.24) is 30.1 Å². The van der Waals surface area contributed by atoms with Crippen LogP contribution in [-0.4, -0.2) is 58.4 Å². The van der Waals surface area contributed by atoms with Crippen LogP contribution in [0, 0.1) is 0 Å². The number of carbonyl (C=O) groups is 2. The van der Waals surface area contributed by atoms with Crippen molar-refractivity contribution in [2.24, 2.45) is 0 Å². The number of fused-ring (bicyclic) bond motifs is 1. The monoisotopic (exact) mass is 384 g/mol. The van der Waals surface area contributed by atoms with Gasteiger partial charge in [-0.25, -0.2) is 4.98 Å². The molecule has 2 aromatic heterocycles. The normalized spacial score (nSPS) is 13.2. The van der Waals surface area contributed by atoms with Gasteiger partial charge in [0.1, 0.15) is 5.69 Å². The Morgan fingerprint density at radius 1 is 1.21 bits per heavy atom. The highest BCUT2D eigenvalue weighted by Gasteiger charge is 2.27. The van der Waals surface area contributed by atoms with Crippen LogP contribution in [-0.2, 0) is 19.5 Å². The van der Waals surface area contributed by atoms with E-state index >= 15 is 0 Å². The van der Waals surface area contributed by atoms with Gasteiger partial charge in [-0.1, -0.05) is 6.07 Å². The van der Waals surface area contributed by atoms with E-state index in [1.165, 1.54) is 0 Å². The Balaban J connectivity index is 1.69. The second kappa shape index (κ2) is 9.45. The van der Waals surface area contributed by atoms with Gasteiger partial charge in [0.05, 0.1) is 5.69 Å². The van der Waals surface area contributed by atoms with Crippen molar-refractivity contribution in [3.05, 3.63) is 47.3 Å². The first-order valence-corrected chi connectivity index (χ1v) is 9.75. The molecule has 2 amide bonds. The third-order valence-electron chi connectivity index (χ3n) is 4.78. The number of nitrogens with zero attached hydrogens (tertiary/aromatic N) is 4. The van der Waals surface area contributed by atoms with E-state index < -0.39 is 0 Å². The van der Waals surface area contributed by atoms with Gasteiger partial charge in [0, 0.05) is 32.0 Å². The second-order valence-electron chi connectivity index (χ2n) is 7.30. The van der Waals surface area contributed by atoms with Gasteiger partial charge < -0.3 is 20.1 Å². The lowest BCUT2D eigenvalue weighted by atomic mass is 10.1. The lowest BCUT2D eigenvalue weighted by molar-refractivity contribution is 0.0936. The van der Waals surface area contributed by atoms with E-state index in [2.05, 4.69) is 25.5 Å². The number of amides is 2. The first kappa shape index (κ1) is 20.0. The summed E-state index contributed by atoms with van der Waals surface area (Å²) in [6, 6.07) is 3.74. The van der Waals surface area contributed by atoms with Crippen molar-refractivity contribution < 1.29 is 9.59 Å². The van der Waals surface area contributed by atoms with Gasteiger partial charge in [-0.2, -0.15) is 0 Å². The standard InChI is InChI=1S/C20H28N6O2/c1-25(2)11-6-10-22-20(28)18-24-17(16-8-3-4-12-26(16)18)19(27)23-14-15-7-5-9-21-13-15/h5,7,9,13H,3-4,6,8,10-12,14H2,1-2H3,(H,22,28)(H,23,27). The first-order chi connectivity index (χ1) is 13.6. The van der Waals surface area contributed by atoms with E-state index in [4.69, 9.17) is 0 Å². The summed E-state index contributed by atoms with van der Waals surface area (Å²) in [4.78, 5) is 35.9. The molecule has 0 bridgehead atoms. The molecule has 2 aromatic rings. The van der Waals surface area contributed by atoms with E-state index in [-0.39, 0.29) is 11.8 Å². The minimum Gasteiger partial charge on any atom is -0.349 e. The molecule has 0 saturated carbocycles. The average molecular weight is 384 g/mol. The molecule has 0 spiro atoms. The Bertz CT molecular complexity index is 816. The number of hydrogen-bond donors (Lipinski definition) is 2. The van der Waals surface area contributed by atoms with Crippen molar-refractivity contribution in [3.8, 4) is 0 Å². The van der Waals surface area contributed by atoms with Crippen molar-refractivity contribution >= 4 is 11.8 Å². The van der Waals surface area contributed by atoms with Gasteiger partial charge in [0.2, 0.25) is 0 Å². The molecule has 1 aliphatic heterocycles. The zero-order valence-corrected chi connectivity index (χ0v) is 16.6. The highest BCUT2D eigenvalue weighted by molar-refractivity contribution is 5.97. The fraction of sp³-hybridized carbons (Fsp3) is 0.500. The number of carbonyl (C=O) groups excluding carboxylic acids is 2. The van der Waals surface area contributed by atoms with E-state index in [1.54, 1.807) is 12.4 Å². The SMILES string of the molecule is CN(C)CCCNC(=O)c1nc(C(=O)NCc2cccnc2)c2n1CCCC2. The number of rotatable bonds is 8. The molecule has 0 unspecified atom stereocenters. The topological polar surface area (TPSA) is 92.2 Å². The van der Waals surface area contributed by atoms with Crippen LogP contribution in [0.3, 0.4) is 0 Å². The van der Waals surface area contributed by atoms with Crippen LogP contribution >= 0.6 is 0 Å². The minimum atomic E-state index is -0.249. The highest BCUT2D eigenvalue weighted by Crippen LogP contribution is 2.21. The van der Waals surface area contributed by atoms with Crippen molar-refractivity contribution in [2.75, 3.05) is 27.2 Å². The second-order valence-corrected chi connectivity index (χ2v) is 7.30. The molecule has 1 aliphatic rings. The van der Waals surface area contributed by atoms with E-state index in [0.717, 1.165) is 50.0 Å². The lowest BCUT2D eigenvalue weighted by Gasteiger charge is -2.17. The molecule has 8 heteroatoms. The van der Waals surface area contributed by atoms with E-state index in [1.807, 2.05) is 30.8 Å². The Kier molecular flexibility index (Phi) is 6.76. The lowest BCUT2D eigenvalue weighted by Crippen LogP contribution is -2.30. The zero-order valence-electron chi connectivity index (χ0n) is 16.6. The molecule has 0 radical (unpaired) electrons. The summed E-state index contributed by atoms with van der Waals surface area (Å²) in [6.45, 7) is 2.59. The summed E-state index contributed by atoms with van der Waals surface area (Å²) in [6.07, 6.45) is 7.02. The van der Waals surface area contributed by atoms with Crippen LogP contribution in [0.5, 0.6) is 0 Å². The van der Waals surface area contributed by atoms with Gasteiger partial charge in [-0.05, 0) is 58.0 Å².